The van der Waals surface area contributed by atoms with Gasteiger partial charge in [0.25, 0.3) is 12.3 Å². The molecule has 0 spiro atoms. The Morgan fingerprint density at radius 2 is 1.84 bits per heavy atom. The van der Waals surface area contributed by atoms with Gasteiger partial charge in [-0.05, 0) is 62.8 Å². The van der Waals surface area contributed by atoms with Crippen molar-refractivity contribution in [3.8, 4) is 0 Å². The van der Waals surface area contributed by atoms with E-state index in [9.17, 15) is 23.2 Å². The highest BCUT2D eigenvalue weighted by molar-refractivity contribution is 5.96. The van der Waals surface area contributed by atoms with E-state index in [0.717, 1.165) is 37.7 Å². The van der Waals surface area contributed by atoms with Crippen molar-refractivity contribution in [1.29, 1.82) is 0 Å². The van der Waals surface area contributed by atoms with Crippen LogP contribution in [0.15, 0.2) is 28.7 Å². The summed E-state index contributed by atoms with van der Waals surface area (Å²) in [6.45, 7) is 5.20. The highest BCUT2D eigenvalue weighted by Gasteiger charge is 2.46. The zero-order valence-corrected chi connectivity index (χ0v) is 21.7. The molecule has 1 aromatic carbocycles. The molecule has 0 unspecified atom stereocenters. The minimum Gasteiger partial charge on any atom is -0.451 e. The summed E-state index contributed by atoms with van der Waals surface area (Å²) >= 11 is 0. The monoisotopic (exact) mass is 518 g/mol. The van der Waals surface area contributed by atoms with Gasteiger partial charge in [-0.3, -0.25) is 14.5 Å². The minimum atomic E-state index is -2.65. The number of ether oxygens (including phenoxy) is 1. The zero-order chi connectivity index (χ0) is 26.7. The number of hydrogen-bond donors (Lipinski definition) is 1. The number of benzene rings is 1. The average molecular weight is 519 g/mol. The van der Waals surface area contributed by atoms with Crippen LogP contribution in [-0.2, 0) is 16.0 Å². The van der Waals surface area contributed by atoms with Crippen molar-refractivity contribution in [2.24, 2.45) is 11.8 Å². The van der Waals surface area contributed by atoms with Crippen LogP contribution in [0.4, 0.5) is 13.6 Å². The summed E-state index contributed by atoms with van der Waals surface area (Å²) in [5, 5.41) is 2.73. The van der Waals surface area contributed by atoms with Gasteiger partial charge in [-0.1, -0.05) is 38.2 Å². The molecule has 4 rings (SSSR count). The van der Waals surface area contributed by atoms with Crippen LogP contribution in [0, 0.1) is 11.8 Å². The number of likely N-dealkylation sites (tertiary alicyclic amines) is 1. The normalized spacial score (nSPS) is 21.0. The molecule has 2 amide bonds. The highest BCUT2D eigenvalue weighted by Crippen LogP contribution is 2.40. The summed E-state index contributed by atoms with van der Waals surface area (Å²) in [5.41, 5.74) is 0.505. The first-order valence-electron chi connectivity index (χ1n) is 13.1. The van der Waals surface area contributed by atoms with Gasteiger partial charge in [0.05, 0.1) is 12.6 Å². The second kappa shape index (κ2) is 11.2. The molecule has 0 bridgehead atoms. The Morgan fingerprint density at radius 3 is 2.51 bits per heavy atom. The molecule has 1 aliphatic heterocycles. The van der Waals surface area contributed by atoms with Gasteiger partial charge < -0.3 is 14.5 Å². The maximum atomic E-state index is 13.7. The highest BCUT2D eigenvalue weighted by atomic mass is 19.3. The van der Waals surface area contributed by atoms with Crippen molar-refractivity contribution < 1.29 is 32.3 Å². The second-order valence-corrected chi connectivity index (χ2v) is 11.2. The SMILES string of the molecule is CC(C)(C)OC(=O)N1CC[C@@H](C2CCCCC2)[C@H]1C(=O)Cc1ccc2oc(C(=O)NCC(F)F)cc2c1. The summed E-state index contributed by atoms with van der Waals surface area (Å²) in [7, 11) is 0. The number of nitrogens with zero attached hydrogens (tertiary/aromatic N) is 1. The number of ketones is 1. The first-order valence-corrected chi connectivity index (χ1v) is 13.1. The van der Waals surface area contributed by atoms with Gasteiger partial charge in [-0.15, -0.1) is 0 Å². The van der Waals surface area contributed by atoms with Gasteiger partial charge in [-0.25, -0.2) is 13.6 Å². The summed E-state index contributed by atoms with van der Waals surface area (Å²) in [6.07, 6.45) is 3.48. The Kier molecular flexibility index (Phi) is 8.19. The van der Waals surface area contributed by atoms with Crippen molar-refractivity contribution in [2.45, 2.75) is 83.8 Å². The largest absolute Gasteiger partial charge is 0.451 e. The van der Waals surface area contributed by atoms with Crippen molar-refractivity contribution >= 4 is 28.8 Å². The van der Waals surface area contributed by atoms with Crippen molar-refractivity contribution in [3.05, 3.63) is 35.6 Å². The summed E-state index contributed by atoms with van der Waals surface area (Å²) in [4.78, 5) is 40.5. The minimum absolute atomic E-state index is 0.0309. The molecule has 1 saturated carbocycles. The quantitative estimate of drug-likeness (QED) is 0.505. The molecule has 0 radical (unpaired) electrons. The Labute approximate surface area is 215 Å². The van der Waals surface area contributed by atoms with Gasteiger partial charge in [0, 0.05) is 18.4 Å². The lowest BCUT2D eigenvalue weighted by molar-refractivity contribution is -0.124. The topological polar surface area (TPSA) is 88.8 Å². The number of Topliss-reactive ketones (excluding diaryl/α,β-unsaturated/α-hetero) is 1. The lowest BCUT2D eigenvalue weighted by atomic mass is 9.75. The standard InChI is InChI=1S/C28H36F2N2O5/c1-28(2,3)37-27(35)32-12-11-20(18-7-5-4-6-8-18)25(32)21(33)14-17-9-10-22-19(13-17)15-23(36-22)26(34)31-16-24(29)30/h9-10,13,15,18,20,24-25H,4-8,11-12,14,16H2,1-3H3,(H,31,34)/t20-,25-/m0/s1. The number of fused-ring (bicyclic) bond motifs is 1. The van der Waals surface area contributed by atoms with E-state index in [1.54, 1.807) is 23.1 Å². The summed E-state index contributed by atoms with van der Waals surface area (Å²) in [6, 6.07) is 6.14. The van der Waals surface area contributed by atoms with Gasteiger partial charge in [0.15, 0.2) is 11.5 Å². The van der Waals surface area contributed by atoms with Crippen LogP contribution in [0.5, 0.6) is 0 Å². The second-order valence-electron chi connectivity index (χ2n) is 11.2. The molecular weight excluding hydrogens is 482 g/mol. The van der Waals surface area contributed by atoms with Crippen LogP contribution in [0.25, 0.3) is 11.0 Å². The zero-order valence-electron chi connectivity index (χ0n) is 21.7. The molecule has 1 N–H and O–H groups in total. The number of halogens is 2. The van der Waals surface area contributed by atoms with Crippen LogP contribution in [0.2, 0.25) is 0 Å². The van der Waals surface area contributed by atoms with Gasteiger partial charge in [-0.2, -0.15) is 0 Å². The van der Waals surface area contributed by atoms with E-state index >= 15 is 0 Å². The molecule has 1 aliphatic carbocycles. The molecule has 202 valence electrons. The Balaban J connectivity index is 1.53. The van der Waals surface area contributed by atoms with Crippen LogP contribution in [0.3, 0.4) is 0 Å². The third-order valence-corrected chi connectivity index (χ3v) is 7.26. The Bertz CT molecular complexity index is 1130. The lowest BCUT2D eigenvalue weighted by Gasteiger charge is -2.34. The van der Waals surface area contributed by atoms with E-state index in [1.165, 1.54) is 12.5 Å². The van der Waals surface area contributed by atoms with Crippen LogP contribution < -0.4 is 5.32 Å². The summed E-state index contributed by atoms with van der Waals surface area (Å²) < 4.78 is 36.0. The van der Waals surface area contributed by atoms with Crippen LogP contribution >= 0.6 is 0 Å². The van der Waals surface area contributed by atoms with E-state index in [0.29, 0.717) is 23.4 Å². The van der Waals surface area contributed by atoms with E-state index < -0.39 is 36.6 Å². The number of nitrogens with one attached hydrogen (secondary N) is 1. The van der Waals surface area contributed by atoms with E-state index in [4.69, 9.17) is 9.15 Å². The smallest absolute Gasteiger partial charge is 0.410 e. The Hall–Kier alpha value is -2.97. The maximum Gasteiger partial charge on any atom is 0.410 e. The predicted molar refractivity (Wildman–Crippen MR) is 135 cm³/mol. The fraction of sp³-hybridized carbons (Fsp3) is 0.607. The molecule has 37 heavy (non-hydrogen) atoms. The molecule has 1 aromatic heterocycles. The first-order chi connectivity index (χ1) is 17.5. The number of alkyl halides is 2. The van der Waals surface area contributed by atoms with Gasteiger partial charge in [0.1, 0.15) is 11.2 Å². The number of amides is 2. The number of carbonyl (C=O) groups excluding carboxylic acids is 3. The number of hydrogen-bond acceptors (Lipinski definition) is 5. The molecule has 2 fully saturated rings. The van der Waals surface area contributed by atoms with Crippen molar-refractivity contribution in [2.75, 3.05) is 13.1 Å². The van der Waals surface area contributed by atoms with Crippen molar-refractivity contribution in [1.82, 2.24) is 10.2 Å². The van der Waals surface area contributed by atoms with Crippen molar-refractivity contribution in [3.63, 3.8) is 0 Å². The average Bonchev–Trinajstić information content (AvgIpc) is 3.46. The number of rotatable bonds is 7. The maximum absolute atomic E-state index is 13.7. The van der Waals surface area contributed by atoms with E-state index in [-0.39, 0.29) is 23.9 Å². The van der Waals surface area contributed by atoms with E-state index in [2.05, 4.69) is 5.32 Å². The van der Waals surface area contributed by atoms with E-state index in [1.807, 2.05) is 20.8 Å². The van der Waals surface area contributed by atoms with Gasteiger partial charge >= 0.3 is 6.09 Å². The molecule has 2 aliphatic rings. The fourth-order valence-corrected chi connectivity index (χ4v) is 5.69. The molecule has 9 heteroatoms. The molecule has 7 nitrogen and oxygen atoms in total. The van der Waals surface area contributed by atoms with Crippen LogP contribution in [0.1, 0.15) is 75.4 Å². The predicted octanol–water partition coefficient (Wildman–Crippen LogP) is 5.75. The number of furan rings is 1. The van der Waals surface area contributed by atoms with Crippen LogP contribution in [-0.4, -0.2) is 53.8 Å². The lowest BCUT2D eigenvalue weighted by Crippen LogP contribution is -2.47. The molecule has 2 heterocycles. The molecule has 2 atom stereocenters. The Morgan fingerprint density at radius 1 is 1.11 bits per heavy atom. The number of carbonyl (C=O) groups is 3. The molecular formula is C28H36F2N2O5. The first kappa shape index (κ1) is 27.1. The summed E-state index contributed by atoms with van der Waals surface area (Å²) in [5.74, 6) is -0.285. The third-order valence-electron chi connectivity index (χ3n) is 7.26. The third kappa shape index (κ3) is 6.67. The van der Waals surface area contributed by atoms with Gasteiger partial charge in [0.2, 0.25) is 0 Å². The molecule has 1 saturated heterocycles. The molecule has 2 aromatic rings. The fourth-order valence-electron chi connectivity index (χ4n) is 5.69.